The van der Waals surface area contributed by atoms with Gasteiger partial charge in [0.2, 0.25) is 0 Å². The maximum atomic E-state index is 5.29. The van der Waals surface area contributed by atoms with E-state index in [4.69, 9.17) is 4.74 Å². The molecule has 0 N–H and O–H groups in total. The Morgan fingerprint density at radius 3 is 0.565 bits per heavy atom. The molecule has 1 nitrogen and oxygen atoms in total. The van der Waals surface area contributed by atoms with Crippen molar-refractivity contribution in [3.8, 4) is 0 Å². The number of rotatable bonds is 42. The van der Waals surface area contributed by atoms with Crippen LogP contribution in [-0.2, 0) is 4.74 Å². The minimum absolute atomic E-state index is 0.646. The Bertz CT molecular complexity index is 525. The molecule has 1 aliphatic rings. The summed E-state index contributed by atoms with van der Waals surface area (Å²) in [6, 6.07) is 0. The number of ether oxygens (including phenoxy) is 1. The summed E-state index contributed by atoms with van der Waals surface area (Å²) in [6.45, 7) is 3.35. The minimum Gasteiger partial charge on any atom is -0.373 e. The highest BCUT2D eigenvalue weighted by Crippen LogP contribution is 2.20. The van der Waals surface area contributed by atoms with Crippen molar-refractivity contribution >= 4 is 0 Å². The van der Waals surface area contributed by atoms with Gasteiger partial charge in [0.1, 0.15) is 0 Å². The first-order chi connectivity index (χ1) is 22.9. The highest BCUT2D eigenvalue weighted by atomic mass is 16.6. The van der Waals surface area contributed by atoms with E-state index >= 15 is 0 Å². The van der Waals surface area contributed by atoms with Gasteiger partial charge in [-0.2, -0.15) is 0 Å². The zero-order valence-corrected chi connectivity index (χ0v) is 32.4. The average Bonchev–Trinajstić information content (AvgIpc) is 3.90. The largest absolute Gasteiger partial charge is 0.373 e. The van der Waals surface area contributed by atoms with Crippen LogP contribution in [0.4, 0.5) is 0 Å². The van der Waals surface area contributed by atoms with Crippen LogP contribution in [0.2, 0.25) is 0 Å². The Labute approximate surface area is 293 Å². The summed E-state index contributed by atoms with van der Waals surface area (Å²) in [5.74, 6) is 0. The second kappa shape index (κ2) is 39.4. The summed E-state index contributed by atoms with van der Waals surface area (Å²) in [4.78, 5) is 0. The van der Waals surface area contributed by atoms with Crippen molar-refractivity contribution in [2.75, 3.05) is 6.61 Å². The predicted octanol–water partition coefficient (Wildman–Crippen LogP) is 16.8. The molecule has 1 rings (SSSR count). The summed E-state index contributed by atoms with van der Waals surface area (Å²) in [6.07, 6.45) is 62.7. The van der Waals surface area contributed by atoms with Crippen LogP contribution in [0.25, 0.3) is 0 Å². The molecule has 1 heteroatoms. The summed E-state index contributed by atoms with van der Waals surface area (Å²) >= 11 is 0. The van der Waals surface area contributed by atoms with Gasteiger partial charge in [-0.15, -0.1) is 0 Å². The fourth-order valence-corrected chi connectivity index (χ4v) is 7.57. The first kappa shape index (κ1) is 44.0. The standard InChI is InChI=1S/C45H90O/c1-2-3-4-5-6-7-8-9-10-11-12-13-14-15-16-17-18-19-20-21-22-23-24-25-26-27-28-29-30-31-32-33-34-35-36-37-38-39-40-41-42-43-45-44-46-45/h45H,2-44H2,1H3. The molecule has 1 heterocycles. The first-order valence-electron chi connectivity index (χ1n) is 22.5. The van der Waals surface area contributed by atoms with E-state index in [0.717, 1.165) is 6.61 Å². The first-order valence-corrected chi connectivity index (χ1v) is 22.5. The van der Waals surface area contributed by atoms with Gasteiger partial charge in [0.05, 0.1) is 12.7 Å². The van der Waals surface area contributed by atoms with Crippen molar-refractivity contribution in [2.45, 2.75) is 283 Å². The lowest BCUT2D eigenvalue weighted by atomic mass is 10.0. The van der Waals surface area contributed by atoms with Crippen LogP contribution in [0.1, 0.15) is 277 Å². The minimum atomic E-state index is 0.646. The third-order valence-electron chi connectivity index (χ3n) is 11.0. The van der Waals surface area contributed by atoms with Crippen molar-refractivity contribution in [3.63, 3.8) is 0 Å². The molecule has 276 valence electrons. The Morgan fingerprint density at radius 2 is 0.413 bits per heavy atom. The van der Waals surface area contributed by atoms with Crippen molar-refractivity contribution in [3.05, 3.63) is 0 Å². The van der Waals surface area contributed by atoms with E-state index in [-0.39, 0.29) is 0 Å². The summed E-state index contributed by atoms with van der Waals surface area (Å²) < 4.78 is 5.29. The highest BCUT2D eigenvalue weighted by Gasteiger charge is 2.20. The molecule has 0 saturated carbocycles. The fourth-order valence-electron chi connectivity index (χ4n) is 7.57. The molecule has 1 aliphatic heterocycles. The van der Waals surface area contributed by atoms with Crippen LogP contribution >= 0.6 is 0 Å². The summed E-state index contributed by atoms with van der Waals surface area (Å²) in [5, 5.41) is 0. The lowest BCUT2D eigenvalue weighted by molar-refractivity contribution is 0.387. The third kappa shape index (κ3) is 38.4. The average molecular weight is 647 g/mol. The van der Waals surface area contributed by atoms with E-state index in [9.17, 15) is 0 Å². The van der Waals surface area contributed by atoms with Crippen LogP contribution in [0, 0.1) is 0 Å². The van der Waals surface area contributed by atoms with Crippen LogP contribution in [0.3, 0.4) is 0 Å². The molecule has 46 heavy (non-hydrogen) atoms. The van der Waals surface area contributed by atoms with Crippen LogP contribution in [0.5, 0.6) is 0 Å². The number of unbranched alkanes of at least 4 members (excludes halogenated alkanes) is 40. The van der Waals surface area contributed by atoms with E-state index in [0.29, 0.717) is 6.10 Å². The Kier molecular flexibility index (Phi) is 37.7. The molecular weight excluding hydrogens is 556 g/mol. The number of hydrogen-bond donors (Lipinski definition) is 0. The van der Waals surface area contributed by atoms with E-state index < -0.39 is 0 Å². The zero-order valence-electron chi connectivity index (χ0n) is 32.4. The van der Waals surface area contributed by atoms with Gasteiger partial charge in [-0.1, -0.05) is 270 Å². The van der Waals surface area contributed by atoms with Crippen molar-refractivity contribution in [1.82, 2.24) is 0 Å². The molecule has 1 saturated heterocycles. The Hall–Kier alpha value is -0.0400. The van der Waals surface area contributed by atoms with Gasteiger partial charge in [-0.05, 0) is 6.42 Å². The maximum absolute atomic E-state index is 5.29. The van der Waals surface area contributed by atoms with Crippen molar-refractivity contribution in [1.29, 1.82) is 0 Å². The van der Waals surface area contributed by atoms with Crippen LogP contribution in [0.15, 0.2) is 0 Å². The molecular formula is C45H90O. The van der Waals surface area contributed by atoms with Gasteiger partial charge in [-0.3, -0.25) is 0 Å². The molecule has 1 fully saturated rings. The molecule has 0 aliphatic carbocycles. The van der Waals surface area contributed by atoms with Crippen LogP contribution < -0.4 is 0 Å². The van der Waals surface area contributed by atoms with Gasteiger partial charge in [0.15, 0.2) is 0 Å². The van der Waals surface area contributed by atoms with Crippen molar-refractivity contribution < 1.29 is 4.74 Å². The third-order valence-corrected chi connectivity index (χ3v) is 11.0. The highest BCUT2D eigenvalue weighted by molar-refractivity contribution is 4.68. The molecule has 0 aromatic rings. The predicted molar refractivity (Wildman–Crippen MR) is 209 cm³/mol. The molecule has 0 bridgehead atoms. The summed E-state index contributed by atoms with van der Waals surface area (Å²) in [5.41, 5.74) is 0. The fraction of sp³-hybridized carbons (Fsp3) is 1.00. The van der Waals surface area contributed by atoms with Gasteiger partial charge in [0, 0.05) is 0 Å². The lowest BCUT2D eigenvalue weighted by Gasteiger charge is -2.05. The molecule has 0 amide bonds. The monoisotopic (exact) mass is 647 g/mol. The van der Waals surface area contributed by atoms with Gasteiger partial charge in [0.25, 0.3) is 0 Å². The van der Waals surface area contributed by atoms with Crippen molar-refractivity contribution in [2.24, 2.45) is 0 Å². The summed E-state index contributed by atoms with van der Waals surface area (Å²) in [7, 11) is 0. The van der Waals surface area contributed by atoms with E-state index in [2.05, 4.69) is 6.92 Å². The number of hydrogen-bond acceptors (Lipinski definition) is 1. The second-order valence-electron chi connectivity index (χ2n) is 15.9. The topological polar surface area (TPSA) is 12.5 Å². The molecule has 0 aromatic carbocycles. The van der Waals surface area contributed by atoms with Gasteiger partial charge in [-0.25, -0.2) is 0 Å². The second-order valence-corrected chi connectivity index (χ2v) is 15.9. The van der Waals surface area contributed by atoms with Gasteiger partial charge < -0.3 is 4.74 Å². The van der Waals surface area contributed by atoms with E-state index in [1.807, 2.05) is 0 Å². The molecule has 0 aromatic heterocycles. The van der Waals surface area contributed by atoms with E-state index in [1.165, 1.54) is 270 Å². The van der Waals surface area contributed by atoms with Gasteiger partial charge >= 0.3 is 0 Å². The Morgan fingerprint density at radius 1 is 0.261 bits per heavy atom. The Balaban J connectivity index is 1.58. The van der Waals surface area contributed by atoms with Crippen LogP contribution in [-0.4, -0.2) is 12.7 Å². The molecule has 1 unspecified atom stereocenters. The molecule has 0 spiro atoms. The smallest absolute Gasteiger partial charge is 0.0810 e. The maximum Gasteiger partial charge on any atom is 0.0810 e. The molecule has 1 atom stereocenters. The number of epoxide rings is 1. The normalized spacial score (nSPS) is 14.4. The molecule has 0 radical (unpaired) electrons. The quantitative estimate of drug-likeness (QED) is 0.0475. The lowest BCUT2D eigenvalue weighted by Crippen LogP contribution is -1.86. The SMILES string of the molecule is CCCCCCCCCCCCCCCCCCCCCCCCCCCCCCCCCCCCCCCCCCCC1CO1. The zero-order chi connectivity index (χ0) is 32.7. The van der Waals surface area contributed by atoms with E-state index in [1.54, 1.807) is 0 Å².